The fraction of sp³-hybridized carbons (Fsp3) is 0.200. The molecule has 0 aliphatic heterocycles. The molecule has 1 heterocycles. The predicted octanol–water partition coefficient (Wildman–Crippen LogP) is 1.60. The average molecular weight is 207 g/mol. The molecule has 78 valence electrons. The van der Waals surface area contributed by atoms with E-state index in [1.807, 2.05) is 0 Å². The third-order valence-corrected chi connectivity index (χ3v) is 1.89. The molecule has 1 N–H and O–H groups in total. The van der Waals surface area contributed by atoms with Crippen molar-refractivity contribution in [3.05, 3.63) is 35.9 Å². The van der Waals surface area contributed by atoms with E-state index in [9.17, 15) is 4.39 Å². The summed E-state index contributed by atoms with van der Waals surface area (Å²) in [5, 5.41) is 6.68. The van der Waals surface area contributed by atoms with Crippen LogP contribution in [0.4, 0.5) is 4.39 Å². The van der Waals surface area contributed by atoms with Gasteiger partial charge in [-0.3, -0.25) is 0 Å². The van der Waals surface area contributed by atoms with Crippen molar-refractivity contribution in [3.63, 3.8) is 0 Å². The predicted molar refractivity (Wildman–Crippen MR) is 52.5 cm³/mol. The van der Waals surface area contributed by atoms with Gasteiger partial charge in [0.1, 0.15) is 5.82 Å². The SMILES string of the molecule is CNCc1noc(-c2ccc(F)cc2)n1. The lowest BCUT2D eigenvalue weighted by Gasteiger charge is -1.92. The third-order valence-electron chi connectivity index (χ3n) is 1.89. The Labute approximate surface area is 86.1 Å². The van der Waals surface area contributed by atoms with E-state index in [1.54, 1.807) is 19.2 Å². The lowest BCUT2D eigenvalue weighted by molar-refractivity contribution is 0.420. The van der Waals surface area contributed by atoms with Gasteiger partial charge in [0.15, 0.2) is 5.82 Å². The Kier molecular flexibility index (Phi) is 2.73. The number of hydrogen-bond donors (Lipinski definition) is 1. The fourth-order valence-corrected chi connectivity index (χ4v) is 1.19. The molecule has 0 aliphatic rings. The van der Waals surface area contributed by atoms with Gasteiger partial charge in [-0.1, -0.05) is 5.16 Å². The minimum Gasteiger partial charge on any atom is -0.334 e. The van der Waals surface area contributed by atoms with Crippen LogP contribution in [0.2, 0.25) is 0 Å². The second-order valence-electron chi connectivity index (χ2n) is 3.05. The molecule has 0 unspecified atom stereocenters. The number of benzene rings is 1. The molecule has 0 bridgehead atoms. The highest BCUT2D eigenvalue weighted by Crippen LogP contribution is 2.16. The molecule has 1 aromatic heterocycles. The van der Waals surface area contributed by atoms with Crippen LogP contribution in [0.15, 0.2) is 28.8 Å². The molecule has 4 nitrogen and oxygen atoms in total. The summed E-state index contributed by atoms with van der Waals surface area (Å²) >= 11 is 0. The second-order valence-corrected chi connectivity index (χ2v) is 3.05. The van der Waals surface area contributed by atoms with Crippen LogP contribution in [-0.2, 0) is 6.54 Å². The molecule has 0 atom stereocenters. The summed E-state index contributed by atoms with van der Waals surface area (Å²) in [7, 11) is 1.80. The monoisotopic (exact) mass is 207 g/mol. The highest BCUT2D eigenvalue weighted by molar-refractivity contribution is 5.52. The van der Waals surface area contributed by atoms with Crippen molar-refractivity contribution >= 4 is 0 Å². The van der Waals surface area contributed by atoms with Gasteiger partial charge < -0.3 is 9.84 Å². The number of aromatic nitrogens is 2. The third kappa shape index (κ3) is 2.19. The minimum absolute atomic E-state index is 0.284. The number of halogens is 1. The summed E-state index contributed by atoms with van der Waals surface area (Å²) in [6.07, 6.45) is 0. The van der Waals surface area contributed by atoms with E-state index in [4.69, 9.17) is 4.52 Å². The van der Waals surface area contributed by atoms with E-state index < -0.39 is 0 Å². The normalized spacial score (nSPS) is 10.5. The highest BCUT2D eigenvalue weighted by atomic mass is 19.1. The first kappa shape index (κ1) is 9.79. The van der Waals surface area contributed by atoms with Gasteiger partial charge >= 0.3 is 0 Å². The van der Waals surface area contributed by atoms with Gasteiger partial charge in [-0.2, -0.15) is 4.98 Å². The van der Waals surface area contributed by atoms with Gasteiger partial charge in [-0.05, 0) is 31.3 Å². The maximum Gasteiger partial charge on any atom is 0.257 e. The van der Waals surface area contributed by atoms with Gasteiger partial charge in [-0.25, -0.2) is 4.39 Å². The van der Waals surface area contributed by atoms with E-state index in [0.717, 1.165) is 0 Å². The molecule has 15 heavy (non-hydrogen) atoms. The van der Waals surface area contributed by atoms with Crippen molar-refractivity contribution in [1.82, 2.24) is 15.5 Å². The Morgan fingerprint density at radius 1 is 1.33 bits per heavy atom. The molecule has 0 aliphatic carbocycles. The van der Waals surface area contributed by atoms with Crippen LogP contribution in [0.25, 0.3) is 11.5 Å². The smallest absolute Gasteiger partial charge is 0.257 e. The Morgan fingerprint density at radius 3 is 2.73 bits per heavy atom. The van der Waals surface area contributed by atoms with Crippen molar-refractivity contribution in [2.75, 3.05) is 7.05 Å². The minimum atomic E-state index is -0.284. The van der Waals surface area contributed by atoms with Crippen LogP contribution in [-0.4, -0.2) is 17.2 Å². The van der Waals surface area contributed by atoms with Crippen molar-refractivity contribution in [2.24, 2.45) is 0 Å². The van der Waals surface area contributed by atoms with Crippen molar-refractivity contribution in [1.29, 1.82) is 0 Å². The van der Waals surface area contributed by atoms with Crippen molar-refractivity contribution < 1.29 is 8.91 Å². The topological polar surface area (TPSA) is 51.0 Å². The van der Waals surface area contributed by atoms with Crippen LogP contribution in [0.1, 0.15) is 5.82 Å². The summed E-state index contributed by atoms with van der Waals surface area (Å²) in [4.78, 5) is 4.14. The summed E-state index contributed by atoms with van der Waals surface area (Å²) in [6, 6.07) is 5.92. The summed E-state index contributed by atoms with van der Waals surface area (Å²) in [5.41, 5.74) is 0.714. The van der Waals surface area contributed by atoms with E-state index in [2.05, 4.69) is 15.5 Å². The molecule has 0 saturated carbocycles. The van der Waals surface area contributed by atoms with Crippen LogP contribution in [0, 0.1) is 5.82 Å². The molecule has 2 aromatic rings. The van der Waals surface area contributed by atoms with Gasteiger partial charge in [0, 0.05) is 5.56 Å². The van der Waals surface area contributed by atoms with Crippen molar-refractivity contribution in [3.8, 4) is 11.5 Å². The molecular formula is C10H10FN3O. The molecule has 0 amide bonds. The van der Waals surface area contributed by atoms with Gasteiger partial charge in [-0.15, -0.1) is 0 Å². The van der Waals surface area contributed by atoms with Gasteiger partial charge in [0.05, 0.1) is 6.54 Å². The molecule has 5 heteroatoms. The summed E-state index contributed by atoms with van der Waals surface area (Å²) in [6.45, 7) is 0.546. The average Bonchev–Trinajstić information content (AvgIpc) is 2.68. The van der Waals surface area contributed by atoms with E-state index in [-0.39, 0.29) is 5.82 Å². The molecule has 1 aromatic carbocycles. The molecule has 2 rings (SSSR count). The largest absolute Gasteiger partial charge is 0.334 e. The highest BCUT2D eigenvalue weighted by Gasteiger charge is 2.07. The first-order valence-corrected chi connectivity index (χ1v) is 4.52. The Bertz CT molecular complexity index is 438. The molecule has 0 radical (unpaired) electrons. The Balaban J connectivity index is 2.25. The van der Waals surface area contributed by atoms with E-state index in [0.29, 0.717) is 23.8 Å². The quantitative estimate of drug-likeness (QED) is 0.830. The van der Waals surface area contributed by atoms with E-state index >= 15 is 0 Å². The first-order valence-electron chi connectivity index (χ1n) is 4.52. The maximum absolute atomic E-state index is 12.7. The zero-order valence-corrected chi connectivity index (χ0v) is 8.20. The fourth-order valence-electron chi connectivity index (χ4n) is 1.19. The lowest BCUT2D eigenvalue weighted by Crippen LogP contribution is -2.06. The van der Waals surface area contributed by atoms with Crippen LogP contribution in [0.5, 0.6) is 0 Å². The Morgan fingerprint density at radius 2 is 2.07 bits per heavy atom. The zero-order chi connectivity index (χ0) is 10.7. The zero-order valence-electron chi connectivity index (χ0n) is 8.20. The standard InChI is InChI=1S/C10H10FN3O/c1-12-6-9-13-10(15-14-9)7-2-4-8(11)5-3-7/h2-5,12H,6H2,1H3. The van der Waals surface area contributed by atoms with Gasteiger partial charge in [0.2, 0.25) is 0 Å². The van der Waals surface area contributed by atoms with E-state index in [1.165, 1.54) is 12.1 Å². The number of nitrogens with zero attached hydrogens (tertiary/aromatic N) is 2. The van der Waals surface area contributed by atoms with Crippen LogP contribution in [0.3, 0.4) is 0 Å². The summed E-state index contributed by atoms with van der Waals surface area (Å²) < 4.78 is 17.7. The van der Waals surface area contributed by atoms with Crippen LogP contribution >= 0.6 is 0 Å². The molecular weight excluding hydrogens is 197 g/mol. The van der Waals surface area contributed by atoms with Crippen LogP contribution < -0.4 is 5.32 Å². The molecule has 0 fully saturated rings. The number of hydrogen-bond acceptors (Lipinski definition) is 4. The van der Waals surface area contributed by atoms with Crippen molar-refractivity contribution in [2.45, 2.75) is 6.54 Å². The number of rotatable bonds is 3. The molecule has 0 saturated heterocycles. The first-order chi connectivity index (χ1) is 7.29. The summed E-state index contributed by atoms with van der Waals surface area (Å²) in [5.74, 6) is 0.700. The lowest BCUT2D eigenvalue weighted by atomic mass is 10.2. The molecule has 0 spiro atoms. The number of nitrogens with one attached hydrogen (secondary N) is 1. The van der Waals surface area contributed by atoms with Gasteiger partial charge in [0.25, 0.3) is 5.89 Å². The maximum atomic E-state index is 12.7. The Hall–Kier alpha value is -1.75. The second kappa shape index (κ2) is 4.18.